The Labute approximate surface area is 150 Å². The lowest BCUT2D eigenvalue weighted by Crippen LogP contribution is -2.50. The molecule has 0 saturated carbocycles. The molecule has 3 heteroatoms. The molecule has 2 aliphatic rings. The number of piperidine rings is 1. The third kappa shape index (κ3) is 4.86. The number of nitrogens with zero attached hydrogens (tertiary/aromatic N) is 1. The first-order valence-electron chi connectivity index (χ1n) is 10.2. The Morgan fingerprint density at radius 3 is 2.58 bits per heavy atom. The van der Waals surface area contributed by atoms with Gasteiger partial charge in [0.1, 0.15) is 0 Å². The first-order valence-corrected chi connectivity index (χ1v) is 10.2. The van der Waals surface area contributed by atoms with Crippen LogP contribution in [0.5, 0.6) is 0 Å². The molecule has 0 radical (unpaired) electrons. The second-order valence-corrected chi connectivity index (χ2v) is 7.80. The van der Waals surface area contributed by atoms with Crippen LogP contribution < -0.4 is 10.6 Å². The van der Waals surface area contributed by atoms with E-state index in [2.05, 4.69) is 49.3 Å². The molecule has 1 fully saturated rings. The van der Waals surface area contributed by atoms with E-state index in [9.17, 15) is 0 Å². The summed E-state index contributed by atoms with van der Waals surface area (Å²) in [5.74, 6) is 0. The van der Waals surface area contributed by atoms with Crippen LogP contribution in [0.3, 0.4) is 0 Å². The highest BCUT2D eigenvalue weighted by atomic mass is 15.1. The van der Waals surface area contributed by atoms with E-state index in [-0.39, 0.29) is 0 Å². The summed E-state index contributed by atoms with van der Waals surface area (Å²) in [6.07, 6.45) is 9.94. The van der Waals surface area contributed by atoms with E-state index in [4.69, 9.17) is 0 Å². The molecule has 1 aliphatic carbocycles. The third-order valence-corrected chi connectivity index (χ3v) is 5.55. The summed E-state index contributed by atoms with van der Waals surface area (Å²) in [6, 6.07) is 0. The molecule has 1 atom stereocenters. The van der Waals surface area contributed by atoms with Gasteiger partial charge in [0.05, 0.1) is 0 Å². The van der Waals surface area contributed by atoms with Gasteiger partial charge in [-0.3, -0.25) is 0 Å². The number of hydrogen-bond donors (Lipinski definition) is 2. The van der Waals surface area contributed by atoms with Crippen LogP contribution in [0.2, 0.25) is 0 Å². The molecular formula is C21H39N3. The number of rotatable bonds is 10. The van der Waals surface area contributed by atoms with E-state index in [0.717, 1.165) is 19.6 Å². The molecule has 1 saturated heterocycles. The SMILES string of the molecule is CCCCNC1=C(C)CC2(CN(CCC)CCC)CNCCC2=C1. The fourth-order valence-corrected chi connectivity index (χ4v) is 4.38. The zero-order chi connectivity index (χ0) is 17.4. The zero-order valence-corrected chi connectivity index (χ0v) is 16.5. The smallest absolute Gasteiger partial charge is 0.0329 e. The molecule has 0 aromatic heterocycles. The average molecular weight is 334 g/mol. The van der Waals surface area contributed by atoms with Crippen molar-refractivity contribution in [1.29, 1.82) is 0 Å². The maximum Gasteiger partial charge on any atom is 0.0329 e. The van der Waals surface area contributed by atoms with Crippen LogP contribution in [-0.4, -0.2) is 44.2 Å². The molecule has 1 aliphatic heterocycles. The Morgan fingerprint density at radius 2 is 1.92 bits per heavy atom. The maximum atomic E-state index is 3.70. The van der Waals surface area contributed by atoms with Crippen LogP contribution in [-0.2, 0) is 0 Å². The first kappa shape index (κ1) is 19.5. The minimum absolute atomic E-state index is 0.322. The molecule has 1 heterocycles. The van der Waals surface area contributed by atoms with E-state index in [1.54, 1.807) is 11.1 Å². The van der Waals surface area contributed by atoms with E-state index < -0.39 is 0 Å². The molecule has 1 unspecified atom stereocenters. The van der Waals surface area contributed by atoms with Crippen molar-refractivity contribution < 1.29 is 0 Å². The monoisotopic (exact) mass is 333 g/mol. The molecule has 138 valence electrons. The van der Waals surface area contributed by atoms with Crippen LogP contribution >= 0.6 is 0 Å². The first-order chi connectivity index (χ1) is 11.6. The van der Waals surface area contributed by atoms with E-state index in [0.29, 0.717) is 5.41 Å². The molecule has 0 aromatic carbocycles. The van der Waals surface area contributed by atoms with Gasteiger partial charge >= 0.3 is 0 Å². The largest absolute Gasteiger partial charge is 0.385 e. The van der Waals surface area contributed by atoms with E-state index in [1.165, 1.54) is 63.9 Å². The quantitative estimate of drug-likeness (QED) is 0.590. The Bertz CT molecular complexity index is 446. The number of fused-ring (bicyclic) bond motifs is 1. The number of nitrogens with one attached hydrogen (secondary N) is 2. The van der Waals surface area contributed by atoms with Crippen molar-refractivity contribution in [2.75, 3.05) is 39.3 Å². The minimum Gasteiger partial charge on any atom is -0.385 e. The fourth-order valence-electron chi connectivity index (χ4n) is 4.38. The minimum atomic E-state index is 0.322. The van der Waals surface area contributed by atoms with Crippen molar-refractivity contribution in [1.82, 2.24) is 15.5 Å². The molecule has 24 heavy (non-hydrogen) atoms. The Kier molecular flexibility index (Phi) is 7.83. The number of allylic oxidation sites excluding steroid dienone is 2. The lowest BCUT2D eigenvalue weighted by Gasteiger charge is -2.46. The molecular weight excluding hydrogens is 294 g/mol. The Morgan fingerprint density at radius 1 is 1.17 bits per heavy atom. The normalized spacial score (nSPS) is 24.1. The Hall–Kier alpha value is -0.800. The lowest BCUT2D eigenvalue weighted by molar-refractivity contribution is 0.156. The highest BCUT2D eigenvalue weighted by Gasteiger charge is 2.40. The van der Waals surface area contributed by atoms with Gasteiger partial charge in [0.15, 0.2) is 0 Å². The zero-order valence-electron chi connectivity index (χ0n) is 16.5. The highest BCUT2D eigenvalue weighted by molar-refractivity contribution is 5.38. The van der Waals surface area contributed by atoms with Gasteiger partial charge in [-0.1, -0.05) is 32.8 Å². The summed E-state index contributed by atoms with van der Waals surface area (Å²) in [7, 11) is 0. The van der Waals surface area contributed by atoms with Crippen LogP contribution in [0.25, 0.3) is 0 Å². The standard InChI is InChI=1S/C21H39N3/c1-5-8-10-23-20-14-19-9-11-22-16-21(19,15-18(20)4)17-24(12-6-2)13-7-3/h14,22-23H,5-13,15-17H2,1-4H3. The fraction of sp³-hybridized carbons (Fsp3) is 0.810. The van der Waals surface area contributed by atoms with Crippen LogP contribution in [0.15, 0.2) is 22.9 Å². The van der Waals surface area contributed by atoms with Crippen LogP contribution in [0.1, 0.15) is 66.2 Å². The summed E-state index contributed by atoms with van der Waals surface area (Å²) in [4.78, 5) is 2.70. The van der Waals surface area contributed by atoms with Gasteiger partial charge in [-0.05, 0) is 70.3 Å². The Balaban J connectivity index is 2.14. The van der Waals surface area contributed by atoms with Crippen molar-refractivity contribution >= 4 is 0 Å². The van der Waals surface area contributed by atoms with Gasteiger partial charge in [0.25, 0.3) is 0 Å². The molecule has 0 aromatic rings. The lowest BCUT2D eigenvalue weighted by atomic mass is 9.68. The highest BCUT2D eigenvalue weighted by Crippen LogP contribution is 2.43. The molecule has 0 bridgehead atoms. The van der Waals surface area contributed by atoms with Crippen LogP contribution in [0.4, 0.5) is 0 Å². The van der Waals surface area contributed by atoms with E-state index in [1.807, 2.05) is 0 Å². The van der Waals surface area contributed by atoms with Gasteiger partial charge in [-0.15, -0.1) is 0 Å². The second kappa shape index (κ2) is 9.62. The van der Waals surface area contributed by atoms with Crippen molar-refractivity contribution in [3.05, 3.63) is 22.9 Å². The van der Waals surface area contributed by atoms with Crippen molar-refractivity contribution in [3.63, 3.8) is 0 Å². The maximum absolute atomic E-state index is 3.70. The van der Waals surface area contributed by atoms with Crippen molar-refractivity contribution in [3.8, 4) is 0 Å². The topological polar surface area (TPSA) is 27.3 Å². The van der Waals surface area contributed by atoms with Gasteiger partial charge in [-0.25, -0.2) is 0 Å². The molecule has 2 N–H and O–H groups in total. The summed E-state index contributed by atoms with van der Waals surface area (Å²) in [5.41, 5.74) is 4.96. The molecule has 0 amide bonds. The predicted octanol–water partition coefficient (Wildman–Crippen LogP) is 4.08. The number of hydrogen-bond acceptors (Lipinski definition) is 3. The molecule has 3 nitrogen and oxygen atoms in total. The van der Waals surface area contributed by atoms with Crippen molar-refractivity contribution in [2.45, 2.75) is 66.2 Å². The van der Waals surface area contributed by atoms with Gasteiger partial charge in [0, 0.05) is 30.7 Å². The van der Waals surface area contributed by atoms with Gasteiger partial charge < -0.3 is 15.5 Å². The predicted molar refractivity (Wildman–Crippen MR) is 105 cm³/mol. The summed E-state index contributed by atoms with van der Waals surface area (Å²) in [6.45, 7) is 16.3. The van der Waals surface area contributed by atoms with Crippen LogP contribution in [0, 0.1) is 5.41 Å². The molecule has 0 spiro atoms. The summed E-state index contributed by atoms with van der Waals surface area (Å²) in [5, 5.41) is 7.39. The van der Waals surface area contributed by atoms with Gasteiger partial charge in [0.2, 0.25) is 0 Å². The number of unbranched alkanes of at least 4 members (excludes halogenated alkanes) is 1. The third-order valence-electron chi connectivity index (χ3n) is 5.55. The van der Waals surface area contributed by atoms with Crippen molar-refractivity contribution in [2.24, 2.45) is 5.41 Å². The summed E-state index contributed by atoms with van der Waals surface area (Å²) >= 11 is 0. The average Bonchev–Trinajstić information content (AvgIpc) is 2.56. The summed E-state index contributed by atoms with van der Waals surface area (Å²) < 4.78 is 0. The second-order valence-electron chi connectivity index (χ2n) is 7.80. The van der Waals surface area contributed by atoms with Gasteiger partial charge in [-0.2, -0.15) is 0 Å². The molecule has 2 rings (SSSR count). The van der Waals surface area contributed by atoms with E-state index >= 15 is 0 Å².